The predicted molar refractivity (Wildman–Crippen MR) is 48.5 cm³/mol. The summed E-state index contributed by atoms with van der Waals surface area (Å²) in [5, 5.41) is 0. The molecule has 54 valence electrons. The normalized spacial score (nSPS) is 6.40. The van der Waals surface area contributed by atoms with Crippen LogP contribution in [-0.2, 0) is 21.7 Å². The molecule has 0 nitrogen and oxygen atoms in total. The Morgan fingerprint density at radius 2 is 1.10 bits per heavy atom. The molecule has 10 heavy (non-hydrogen) atoms. The van der Waals surface area contributed by atoms with Gasteiger partial charge in [0.1, 0.15) is 0 Å². The van der Waals surface area contributed by atoms with Crippen molar-refractivity contribution in [3.63, 3.8) is 0 Å². The van der Waals surface area contributed by atoms with Crippen LogP contribution < -0.4 is 0 Å². The largest absolute Gasteiger partial charge is 3.00 e. The molecule has 0 aromatic carbocycles. The van der Waals surface area contributed by atoms with Gasteiger partial charge in [0.2, 0.25) is 0 Å². The Morgan fingerprint density at radius 1 is 1.00 bits per heavy atom. The van der Waals surface area contributed by atoms with Crippen LogP contribution in [0.4, 0.5) is 0 Å². The Balaban J connectivity index is -0.000000107. The predicted octanol–water partition coefficient (Wildman–Crippen LogP) is 2.66. The zero-order valence-electron chi connectivity index (χ0n) is 7.49. The first-order chi connectivity index (χ1) is 4.06. The van der Waals surface area contributed by atoms with Gasteiger partial charge in [0.05, 0.1) is 0 Å². The molecule has 2 heteroatoms. The molecule has 0 saturated carbocycles. The fourth-order valence-corrected chi connectivity index (χ4v) is 0. The van der Waals surface area contributed by atoms with E-state index in [9.17, 15) is 0 Å². The van der Waals surface area contributed by atoms with E-state index >= 15 is 0 Å². The number of allylic oxidation sites excluding steroid dienone is 2. The Morgan fingerprint density at radius 3 is 1.10 bits per heavy atom. The van der Waals surface area contributed by atoms with Gasteiger partial charge < -0.3 is 0 Å². The van der Waals surface area contributed by atoms with Crippen LogP contribution in [0.3, 0.4) is 0 Å². The van der Waals surface area contributed by atoms with Crippen LogP contribution >= 0.6 is 0 Å². The minimum atomic E-state index is 0. The van der Waals surface area contributed by atoms with Crippen LogP contribution in [0.5, 0.6) is 0 Å². The fraction of sp³-hybridized carbons (Fsp3) is 0.500. The zero-order valence-corrected chi connectivity index (χ0v) is 10.2. The molecule has 2 radical (unpaired) electrons. The fourth-order valence-electron chi connectivity index (χ4n) is 0. The third-order valence-electron chi connectivity index (χ3n) is 0.729. The Bertz CT molecular complexity index is 85.4. The second-order valence-electron chi connectivity index (χ2n) is 2.14. The second-order valence-corrected chi connectivity index (χ2v) is 3.29. The average molecular weight is 189 g/mol. The smallest absolute Gasteiger partial charge is 0.0959 e. The van der Waals surface area contributed by atoms with Gasteiger partial charge in [-0.05, 0) is 13.8 Å². The van der Waals surface area contributed by atoms with E-state index < -0.39 is 0 Å². The van der Waals surface area contributed by atoms with Gasteiger partial charge in [-0.2, -0.15) is 0 Å². The topological polar surface area (TPSA) is 0 Å². The summed E-state index contributed by atoms with van der Waals surface area (Å²) < 4.78 is 0. The first-order valence-corrected chi connectivity index (χ1v) is 5.42. The maximum atomic E-state index is 3.66. The molecule has 0 N–H and O–H groups in total. The second kappa shape index (κ2) is 12.1. The molecule has 0 spiro atoms. The summed E-state index contributed by atoms with van der Waals surface area (Å²) in [6.07, 6.45) is 0. The van der Waals surface area contributed by atoms with Gasteiger partial charge in [-0.25, -0.2) is 0 Å². The van der Waals surface area contributed by atoms with Crippen LogP contribution in [0.25, 0.3) is 0 Å². The van der Waals surface area contributed by atoms with Gasteiger partial charge in [-0.15, -0.1) is 0 Å². The summed E-state index contributed by atoms with van der Waals surface area (Å²) in [5.41, 5.74) is 2.13. The standard InChI is InChI=1S/C6H10.C2H7Si.Ti/c1-5(2)6(3)4;1-3-2;/h1,3H2,2,4H3;3H,1-2H3;/q;;+3. The average Bonchev–Trinajstić information content (AvgIpc) is 1.68. The van der Waals surface area contributed by atoms with Gasteiger partial charge in [0.25, 0.3) is 0 Å². The molecule has 0 aromatic rings. The quantitative estimate of drug-likeness (QED) is 0.439. The minimum absolute atomic E-state index is 0. The van der Waals surface area contributed by atoms with Crippen molar-refractivity contribution in [2.24, 2.45) is 0 Å². The van der Waals surface area contributed by atoms with E-state index in [4.69, 9.17) is 0 Å². The van der Waals surface area contributed by atoms with Crippen molar-refractivity contribution in [3.8, 4) is 0 Å². The van der Waals surface area contributed by atoms with Crippen molar-refractivity contribution in [2.45, 2.75) is 26.9 Å². The van der Waals surface area contributed by atoms with Gasteiger partial charge in [0.15, 0.2) is 0 Å². The summed E-state index contributed by atoms with van der Waals surface area (Å²) >= 11 is 0. The maximum Gasteiger partial charge on any atom is 3.00 e. The van der Waals surface area contributed by atoms with E-state index in [2.05, 4.69) is 26.3 Å². The Kier molecular flexibility index (Phi) is 20.4. The minimum Gasteiger partial charge on any atom is -0.0959 e. The molecule has 0 rings (SSSR count). The van der Waals surface area contributed by atoms with Crippen molar-refractivity contribution in [1.29, 1.82) is 0 Å². The first-order valence-electron chi connectivity index (χ1n) is 3.11. The molecule has 0 aromatic heterocycles. The summed E-state index contributed by atoms with van der Waals surface area (Å²) in [5.74, 6) is 0. The molecule has 0 bridgehead atoms. The van der Waals surface area contributed by atoms with Gasteiger partial charge in [-0.3, -0.25) is 0 Å². The molecule has 0 aliphatic rings. The zero-order chi connectivity index (χ0) is 7.86. The van der Waals surface area contributed by atoms with Crippen LogP contribution in [0.1, 0.15) is 13.8 Å². The Hall–Kier alpha value is 0.411. The molecule has 0 heterocycles. The van der Waals surface area contributed by atoms with Gasteiger partial charge in [-0.1, -0.05) is 37.4 Å². The number of rotatable bonds is 1. The molecule has 0 atom stereocenters. The van der Waals surface area contributed by atoms with E-state index in [1.807, 2.05) is 13.8 Å². The SMILES string of the molecule is C=C(C)C(=C)C.C[SiH]C.[Ti+3]. The molecule has 0 unspecified atom stereocenters. The van der Waals surface area contributed by atoms with Crippen molar-refractivity contribution in [2.75, 3.05) is 0 Å². The van der Waals surface area contributed by atoms with E-state index in [1.165, 1.54) is 0 Å². The van der Waals surface area contributed by atoms with Crippen molar-refractivity contribution in [3.05, 3.63) is 24.3 Å². The van der Waals surface area contributed by atoms with Crippen molar-refractivity contribution < 1.29 is 21.7 Å². The van der Waals surface area contributed by atoms with Crippen LogP contribution in [0.2, 0.25) is 13.1 Å². The van der Waals surface area contributed by atoms with Crippen LogP contribution in [-0.4, -0.2) is 9.52 Å². The molecule has 0 aliphatic heterocycles. The molecule has 0 aliphatic carbocycles. The summed E-state index contributed by atoms with van der Waals surface area (Å²) in [4.78, 5) is 0. The van der Waals surface area contributed by atoms with E-state index in [-0.39, 0.29) is 21.7 Å². The third kappa shape index (κ3) is 23.7. The number of hydrogen-bond acceptors (Lipinski definition) is 0. The molecule has 0 amide bonds. The summed E-state index contributed by atoms with van der Waals surface area (Å²) in [6.45, 7) is 15.6. The van der Waals surface area contributed by atoms with Crippen LogP contribution in [0.15, 0.2) is 24.3 Å². The van der Waals surface area contributed by atoms with Gasteiger partial charge in [0, 0.05) is 9.52 Å². The van der Waals surface area contributed by atoms with Crippen LogP contribution in [0, 0.1) is 0 Å². The van der Waals surface area contributed by atoms with E-state index in [0.29, 0.717) is 0 Å². The Labute approximate surface area is 82.5 Å². The third-order valence-corrected chi connectivity index (χ3v) is 0.729. The van der Waals surface area contributed by atoms with E-state index in [1.54, 1.807) is 0 Å². The monoisotopic (exact) mass is 189 g/mol. The van der Waals surface area contributed by atoms with Crippen molar-refractivity contribution >= 4 is 9.52 Å². The first kappa shape index (κ1) is 16.8. The molecule has 0 saturated heterocycles. The van der Waals surface area contributed by atoms with E-state index in [0.717, 1.165) is 20.7 Å². The molecule has 0 fully saturated rings. The molecular weight excluding hydrogens is 172 g/mol. The maximum absolute atomic E-state index is 3.66. The summed E-state index contributed by atoms with van der Waals surface area (Å²) in [7, 11) is 0.750. The number of hydrogen-bond donors (Lipinski definition) is 0. The van der Waals surface area contributed by atoms with Gasteiger partial charge >= 0.3 is 21.7 Å². The molecular formula is C8H17SiTi+3. The summed E-state index contributed by atoms with van der Waals surface area (Å²) in [6, 6.07) is 0. The van der Waals surface area contributed by atoms with Crippen molar-refractivity contribution in [1.82, 2.24) is 0 Å².